The predicted molar refractivity (Wildman–Crippen MR) is 76.6 cm³/mol. The molecule has 2 heterocycles. The maximum atomic E-state index is 12.1. The number of aromatic carboxylic acids is 1. The number of carboxylic acids is 1. The summed E-state index contributed by atoms with van der Waals surface area (Å²) in [5.74, 6) is -0.781. The Bertz CT molecular complexity index is 689. The van der Waals surface area contributed by atoms with Gasteiger partial charge in [-0.05, 0) is 13.8 Å². The number of anilines is 1. The first-order chi connectivity index (χ1) is 9.99. The first-order valence-corrected chi connectivity index (χ1v) is 6.55. The number of nitrogens with zero attached hydrogens (tertiary/aromatic N) is 4. The summed E-state index contributed by atoms with van der Waals surface area (Å²) in [6.45, 7) is 4.77. The van der Waals surface area contributed by atoms with Gasteiger partial charge in [0.2, 0.25) is 0 Å². The molecule has 0 fully saturated rings. The van der Waals surface area contributed by atoms with E-state index < -0.39 is 5.97 Å². The fraction of sp³-hybridized carbons (Fsp3) is 0.385. The van der Waals surface area contributed by atoms with Crippen molar-refractivity contribution in [1.82, 2.24) is 19.1 Å². The molecule has 8 heteroatoms. The van der Waals surface area contributed by atoms with E-state index in [9.17, 15) is 9.59 Å². The van der Waals surface area contributed by atoms with Gasteiger partial charge in [0.05, 0.1) is 6.33 Å². The van der Waals surface area contributed by atoms with E-state index in [2.05, 4.69) is 15.3 Å². The minimum absolute atomic E-state index is 0.00463. The molecule has 0 bridgehead atoms. The van der Waals surface area contributed by atoms with Crippen molar-refractivity contribution in [3.8, 4) is 0 Å². The van der Waals surface area contributed by atoms with Gasteiger partial charge in [-0.1, -0.05) is 0 Å². The summed E-state index contributed by atoms with van der Waals surface area (Å²) < 4.78 is 3.23. The molecule has 112 valence electrons. The van der Waals surface area contributed by atoms with Gasteiger partial charge in [0.15, 0.2) is 11.5 Å². The SMILES string of the molecule is CC(C)n1ccnc(NCCn2cnc(C(=O)O)c2)c1=O. The molecule has 0 unspecified atom stereocenters. The second-order valence-electron chi connectivity index (χ2n) is 4.81. The van der Waals surface area contributed by atoms with Crippen molar-refractivity contribution in [2.75, 3.05) is 11.9 Å². The zero-order valence-corrected chi connectivity index (χ0v) is 11.9. The van der Waals surface area contributed by atoms with Crippen LogP contribution in [0.4, 0.5) is 5.82 Å². The maximum Gasteiger partial charge on any atom is 0.356 e. The molecule has 0 aliphatic heterocycles. The Kier molecular flexibility index (Phi) is 4.36. The molecular formula is C13H17N5O3. The van der Waals surface area contributed by atoms with Crippen LogP contribution < -0.4 is 10.9 Å². The number of aromatic nitrogens is 4. The van der Waals surface area contributed by atoms with Gasteiger partial charge >= 0.3 is 5.97 Å². The molecule has 2 rings (SSSR count). The summed E-state index contributed by atoms with van der Waals surface area (Å²) in [7, 11) is 0. The predicted octanol–water partition coefficient (Wildman–Crippen LogP) is 0.831. The highest BCUT2D eigenvalue weighted by Gasteiger charge is 2.08. The van der Waals surface area contributed by atoms with E-state index in [-0.39, 0.29) is 23.1 Å². The summed E-state index contributed by atoms with van der Waals surface area (Å²) in [4.78, 5) is 30.6. The Labute approximate surface area is 121 Å². The average molecular weight is 291 g/mol. The Balaban J connectivity index is 1.99. The van der Waals surface area contributed by atoms with Crippen molar-refractivity contribution in [3.63, 3.8) is 0 Å². The number of imidazole rings is 1. The number of hydrogen-bond acceptors (Lipinski definition) is 5. The van der Waals surface area contributed by atoms with E-state index >= 15 is 0 Å². The van der Waals surface area contributed by atoms with Crippen molar-refractivity contribution in [2.24, 2.45) is 0 Å². The summed E-state index contributed by atoms with van der Waals surface area (Å²) in [5, 5.41) is 11.7. The zero-order chi connectivity index (χ0) is 15.4. The zero-order valence-electron chi connectivity index (χ0n) is 11.9. The summed E-state index contributed by atoms with van der Waals surface area (Å²) in [6, 6.07) is 0.0628. The second kappa shape index (κ2) is 6.21. The minimum atomic E-state index is -1.06. The first-order valence-electron chi connectivity index (χ1n) is 6.55. The van der Waals surface area contributed by atoms with E-state index in [1.807, 2.05) is 13.8 Å². The molecule has 0 saturated heterocycles. The van der Waals surface area contributed by atoms with Crippen molar-refractivity contribution < 1.29 is 9.90 Å². The van der Waals surface area contributed by atoms with E-state index in [0.717, 1.165) is 0 Å². The van der Waals surface area contributed by atoms with Crippen LogP contribution in [0, 0.1) is 0 Å². The van der Waals surface area contributed by atoms with Crippen LogP contribution in [-0.2, 0) is 6.54 Å². The molecule has 2 aromatic rings. The van der Waals surface area contributed by atoms with Gasteiger partial charge in [-0.25, -0.2) is 14.8 Å². The second-order valence-corrected chi connectivity index (χ2v) is 4.81. The third-order valence-corrected chi connectivity index (χ3v) is 2.94. The quantitative estimate of drug-likeness (QED) is 0.817. The van der Waals surface area contributed by atoms with Crippen LogP contribution in [0.15, 0.2) is 29.7 Å². The van der Waals surface area contributed by atoms with Gasteiger partial charge in [-0.3, -0.25) is 4.79 Å². The van der Waals surface area contributed by atoms with E-state index in [1.165, 1.54) is 12.5 Å². The third kappa shape index (κ3) is 3.47. The number of carboxylic acid groups (broad SMARTS) is 1. The monoisotopic (exact) mass is 291 g/mol. The largest absolute Gasteiger partial charge is 0.476 e. The van der Waals surface area contributed by atoms with Gasteiger partial charge in [-0.15, -0.1) is 0 Å². The van der Waals surface area contributed by atoms with E-state index in [0.29, 0.717) is 13.1 Å². The normalized spacial score (nSPS) is 10.8. The summed E-state index contributed by atoms with van der Waals surface area (Å²) in [5.41, 5.74) is -0.181. The molecule has 0 spiro atoms. The molecular weight excluding hydrogens is 274 g/mol. The molecule has 0 aliphatic carbocycles. The van der Waals surface area contributed by atoms with Crippen molar-refractivity contribution >= 4 is 11.8 Å². The molecule has 0 saturated carbocycles. The lowest BCUT2D eigenvalue weighted by Crippen LogP contribution is -2.26. The molecule has 0 aromatic carbocycles. The third-order valence-electron chi connectivity index (χ3n) is 2.94. The number of carbonyl (C=O) groups is 1. The molecule has 8 nitrogen and oxygen atoms in total. The van der Waals surface area contributed by atoms with Crippen LogP contribution in [0.1, 0.15) is 30.4 Å². The lowest BCUT2D eigenvalue weighted by Gasteiger charge is -2.11. The summed E-state index contributed by atoms with van der Waals surface area (Å²) >= 11 is 0. The van der Waals surface area contributed by atoms with Gasteiger partial charge < -0.3 is 19.6 Å². The lowest BCUT2D eigenvalue weighted by molar-refractivity contribution is 0.0691. The van der Waals surface area contributed by atoms with Crippen LogP contribution >= 0.6 is 0 Å². The van der Waals surface area contributed by atoms with Crippen LogP contribution in [0.5, 0.6) is 0 Å². The van der Waals surface area contributed by atoms with Gasteiger partial charge in [0, 0.05) is 37.7 Å². The average Bonchev–Trinajstić information content (AvgIpc) is 2.89. The van der Waals surface area contributed by atoms with Gasteiger partial charge in [0.25, 0.3) is 5.56 Å². The van der Waals surface area contributed by atoms with E-state index in [1.54, 1.807) is 21.5 Å². The smallest absolute Gasteiger partial charge is 0.356 e. The van der Waals surface area contributed by atoms with Crippen molar-refractivity contribution in [1.29, 1.82) is 0 Å². The Hall–Kier alpha value is -2.64. The van der Waals surface area contributed by atoms with E-state index in [4.69, 9.17) is 5.11 Å². The number of hydrogen-bond donors (Lipinski definition) is 2. The molecule has 0 amide bonds. The highest BCUT2D eigenvalue weighted by Crippen LogP contribution is 2.01. The molecule has 2 N–H and O–H groups in total. The van der Waals surface area contributed by atoms with Crippen LogP contribution in [0.2, 0.25) is 0 Å². The van der Waals surface area contributed by atoms with Gasteiger partial charge in [0.1, 0.15) is 0 Å². The maximum absolute atomic E-state index is 12.1. The van der Waals surface area contributed by atoms with Crippen LogP contribution in [0.3, 0.4) is 0 Å². The molecule has 0 atom stereocenters. The molecule has 0 radical (unpaired) electrons. The fourth-order valence-electron chi connectivity index (χ4n) is 1.85. The molecule has 21 heavy (non-hydrogen) atoms. The minimum Gasteiger partial charge on any atom is -0.476 e. The van der Waals surface area contributed by atoms with Crippen LogP contribution in [-0.4, -0.2) is 36.7 Å². The van der Waals surface area contributed by atoms with Gasteiger partial charge in [-0.2, -0.15) is 0 Å². The number of rotatable bonds is 6. The number of nitrogens with one attached hydrogen (secondary N) is 1. The standard InChI is InChI=1S/C13H17N5O3/c1-9(2)18-6-4-15-11(12(18)19)14-3-5-17-7-10(13(20)21)16-8-17/h4,6-9H,3,5H2,1-2H3,(H,14,15)(H,20,21). The highest BCUT2D eigenvalue weighted by molar-refractivity contribution is 5.84. The van der Waals surface area contributed by atoms with Crippen molar-refractivity contribution in [2.45, 2.75) is 26.4 Å². The molecule has 0 aliphatic rings. The fourth-order valence-corrected chi connectivity index (χ4v) is 1.85. The Morgan fingerprint density at radius 1 is 1.43 bits per heavy atom. The first kappa shape index (κ1) is 14.8. The Morgan fingerprint density at radius 3 is 2.81 bits per heavy atom. The summed E-state index contributed by atoms with van der Waals surface area (Å²) in [6.07, 6.45) is 6.10. The highest BCUT2D eigenvalue weighted by atomic mass is 16.4. The van der Waals surface area contributed by atoms with Crippen molar-refractivity contribution in [3.05, 3.63) is 41.0 Å². The molecule has 2 aromatic heterocycles. The lowest BCUT2D eigenvalue weighted by atomic mass is 10.4. The topological polar surface area (TPSA) is 102 Å². The Morgan fingerprint density at radius 2 is 2.19 bits per heavy atom. The van der Waals surface area contributed by atoms with Crippen LogP contribution in [0.25, 0.3) is 0 Å².